The maximum Gasteiger partial charge on any atom is 0.233 e. The molecule has 2 aromatic rings. The Balaban J connectivity index is 1.96. The zero-order chi connectivity index (χ0) is 14.8. The van der Waals surface area contributed by atoms with Crippen molar-refractivity contribution in [2.75, 3.05) is 7.11 Å². The number of carbonyl (C=O) groups is 2. The molecule has 4 heteroatoms. The van der Waals surface area contributed by atoms with Gasteiger partial charge >= 0.3 is 0 Å². The average Bonchev–Trinajstić information content (AvgIpc) is 2.53. The van der Waals surface area contributed by atoms with E-state index >= 15 is 0 Å². The molecule has 0 radical (unpaired) electrons. The summed E-state index contributed by atoms with van der Waals surface area (Å²) in [4.78, 5) is 25.5. The molecular weight excluding hydrogens is 284 g/mol. The van der Waals surface area contributed by atoms with Gasteiger partial charge in [0.2, 0.25) is 11.6 Å². The van der Waals surface area contributed by atoms with Crippen molar-refractivity contribution in [1.29, 1.82) is 0 Å². The molecular formula is C17H12O3S. The molecule has 0 aliphatic heterocycles. The van der Waals surface area contributed by atoms with Crippen LogP contribution in [0.2, 0.25) is 0 Å². The predicted molar refractivity (Wildman–Crippen MR) is 82.6 cm³/mol. The lowest BCUT2D eigenvalue weighted by Crippen LogP contribution is -2.17. The number of thioether (sulfide) groups is 1. The van der Waals surface area contributed by atoms with E-state index < -0.39 is 11.6 Å². The van der Waals surface area contributed by atoms with E-state index in [1.807, 2.05) is 36.4 Å². The SMILES string of the molecule is COc1ccc(SC2=CC(=O)C(=O)c3ccccc32)cc1. The fraction of sp³-hybridized carbons (Fsp3) is 0.0588. The Hall–Kier alpha value is -2.33. The third kappa shape index (κ3) is 2.62. The largest absolute Gasteiger partial charge is 0.497 e. The third-order valence-corrected chi connectivity index (χ3v) is 4.28. The summed E-state index contributed by atoms with van der Waals surface area (Å²) in [5.74, 6) is -0.127. The molecule has 1 aliphatic carbocycles. The van der Waals surface area contributed by atoms with E-state index in [-0.39, 0.29) is 0 Å². The van der Waals surface area contributed by atoms with Gasteiger partial charge in [-0.1, -0.05) is 36.0 Å². The standard InChI is InChI=1S/C17H12O3S/c1-20-11-6-8-12(9-7-11)21-16-10-15(18)17(19)14-5-3-2-4-13(14)16/h2-10H,1H3. The normalized spacial score (nSPS) is 13.7. The van der Waals surface area contributed by atoms with Crippen LogP contribution < -0.4 is 4.74 Å². The number of methoxy groups -OCH3 is 1. The minimum Gasteiger partial charge on any atom is -0.497 e. The first-order chi connectivity index (χ1) is 10.2. The Morgan fingerprint density at radius 1 is 0.905 bits per heavy atom. The van der Waals surface area contributed by atoms with E-state index in [9.17, 15) is 9.59 Å². The summed E-state index contributed by atoms with van der Waals surface area (Å²) in [6.07, 6.45) is 1.42. The molecule has 0 N–H and O–H groups in total. The molecule has 0 heterocycles. The van der Waals surface area contributed by atoms with Crippen LogP contribution >= 0.6 is 11.8 Å². The topological polar surface area (TPSA) is 43.4 Å². The van der Waals surface area contributed by atoms with E-state index in [4.69, 9.17) is 4.74 Å². The van der Waals surface area contributed by atoms with Crippen molar-refractivity contribution in [2.24, 2.45) is 0 Å². The van der Waals surface area contributed by atoms with Gasteiger partial charge in [-0.2, -0.15) is 0 Å². The minimum absolute atomic E-state index is 0.440. The van der Waals surface area contributed by atoms with Crippen molar-refractivity contribution in [1.82, 2.24) is 0 Å². The van der Waals surface area contributed by atoms with Gasteiger partial charge in [0.15, 0.2) is 0 Å². The first kappa shape index (κ1) is 13.6. The van der Waals surface area contributed by atoms with Crippen molar-refractivity contribution < 1.29 is 14.3 Å². The number of hydrogen-bond donors (Lipinski definition) is 0. The van der Waals surface area contributed by atoms with Crippen LogP contribution in [-0.4, -0.2) is 18.7 Å². The van der Waals surface area contributed by atoms with Gasteiger partial charge in [0.05, 0.1) is 7.11 Å². The Kier molecular flexibility index (Phi) is 3.62. The van der Waals surface area contributed by atoms with Gasteiger partial charge in [0.25, 0.3) is 0 Å². The van der Waals surface area contributed by atoms with E-state index in [0.29, 0.717) is 5.56 Å². The molecule has 0 saturated heterocycles. The van der Waals surface area contributed by atoms with Gasteiger partial charge in [0, 0.05) is 21.4 Å². The second kappa shape index (κ2) is 5.58. The monoisotopic (exact) mass is 296 g/mol. The average molecular weight is 296 g/mol. The van der Waals surface area contributed by atoms with Crippen LogP contribution in [0.25, 0.3) is 4.91 Å². The number of carbonyl (C=O) groups excluding carboxylic acids is 2. The number of Topliss-reactive ketones (excluding diaryl/α,β-unsaturated/α-hetero) is 1. The first-order valence-corrected chi connectivity index (χ1v) is 7.22. The van der Waals surface area contributed by atoms with Gasteiger partial charge in [-0.25, -0.2) is 0 Å². The molecule has 0 amide bonds. The molecule has 0 fully saturated rings. The number of ether oxygens (including phenoxy) is 1. The molecule has 2 aromatic carbocycles. The molecule has 0 aromatic heterocycles. The van der Waals surface area contributed by atoms with Crippen LogP contribution in [0.3, 0.4) is 0 Å². The summed E-state index contributed by atoms with van der Waals surface area (Å²) in [6.45, 7) is 0. The van der Waals surface area contributed by atoms with Gasteiger partial charge in [-0.3, -0.25) is 9.59 Å². The van der Waals surface area contributed by atoms with E-state index in [1.54, 1.807) is 19.2 Å². The van der Waals surface area contributed by atoms with Gasteiger partial charge in [-0.15, -0.1) is 0 Å². The van der Waals surface area contributed by atoms with Crippen LogP contribution in [0.5, 0.6) is 5.75 Å². The molecule has 104 valence electrons. The van der Waals surface area contributed by atoms with Crippen molar-refractivity contribution in [2.45, 2.75) is 4.90 Å². The maximum atomic E-state index is 11.9. The fourth-order valence-electron chi connectivity index (χ4n) is 2.15. The molecule has 0 spiro atoms. The molecule has 1 aliphatic rings. The molecule has 0 unspecified atom stereocenters. The third-order valence-electron chi connectivity index (χ3n) is 3.21. The zero-order valence-corrected chi connectivity index (χ0v) is 12.1. The number of fused-ring (bicyclic) bond motifs is 1. The first-order valence-electron chi connectivity index (χ1n) is 6.40. The summed E-state index contributed by atoms with van der Waals surface area (Å²) >= 11 is 1.46. The highest BCUT2D eigenvalue weighted by atomic mass is 32.2. The predicted octanol–water partition coefficient (Wildman–Crippen LogP) is 3.59. The molecule has 21 heavy (non-hydrogen) atoms. The highest BCUT2D eigenvalue weighted by molar-refractivity contribution is 8.08. The van der Waals surface area contributed by atoms with E-state index in [2.05, 4.69) is 0 Å². The molecule has 0 saturated carbocycles. The minimum atomic E-state index is -0.468. The lowest BCUT2D eigenvalue weighted by Gasteiger charge is -2.15. The molecule has 3 nitrogen and oxygen atoms in total. The number of ketones is 2. The van der Waals surface area contributed by atoms with Crippen molar-refractivity contribution in [3.8, 4) is 5.75 Å². The summed E-state index contributed by atoms with van der Waals surface area (Å²) in [5.41, 5.74) is 1.28. The number of benzene rings is 2. The lowest BCUT2D eigenvalue weighted by molar-refractivity contribution is -0.110. The number of rotatable bonds is 3. The quantitative estimate of drug-likeness (QED) is 0.812. The van der Waals surface area contributed by atoms with Crippen molar-refractivity contribution in [3.63, 3.8) is 0 Å². The lowest BCUT2D eigenvalue weighted by atomic mass is 9.95. The van der Waals surface area contributed by atoms with Crippen molar-refractivity contribution >= 4 is 28.2 Å². The highest BCUT2D eigenvalue weighted by Crippen LogP contribution is 2.38. The Labute approximate surface area is 126 Å². The van der Waals surface area contributed by atoms with Crippen molar-refractivity contribution in [3.05, 3.63) is 65.7 Å². The van der Waals surface area contributed by atoms with Gasteiger partial charge in [-0.05, 0) is 29.8 Å². The summed E-state index contributed by atoms with van der Waals surface area (Å²) in [5, 5.41) is 0. The van der Waals surface area contributed by atoms with Crippen LogP contribution in [0.4, 0.5) is 0 Å². The summed E-state index contributed by atoms with van der Waals surface area (Å²) < 4.78 is 5.12. The zero-order valence-electron chi connectivity index (χ0n) is 11.3. The summed E-state index contributed by atoms with van der Waals surface area (Å²) in [6, 6.07) is 14.8. The number of hydrogen-bond acceptors (Lipinski definition) is 4. The van der Waals surface area contributed by atoms with E-state index in [0.717, 1.165) is 21.1 Å². The Morgan fingerprint density at radius 3 is 2.24 bits per heavy atom. The van der Waals surface area contributed by atoms with Gasteiger partial charge in [0.1, 0.15) is 5.75 Å². The van der Waals surface area contributed by atoms with E-state index in [1.165, 1.54) is 17.8 Å². The van der Waals surface area contributed by atoms with Crippen LogP contribution in [0.15, 0.2) is 59.5 Å². The fourth-order valence-corrected chi connectivity index (χ4v) is 3.13. The maximum absolute atomic E-state index is 11.9. The van der Waals surface area contributed by atoms with Crippen LogP contribution in [0, 0.1) is 0 Å². The summed E-state index contributed by atoms with van der Waals surface area (Å²) in [7, 11) is 1.62. The second-order valence-electron chi connectivity index (χ2n) is 4.53. The molecule has 0 bridgehead atoms. The van der Waals surface area contributed by atoms with Crippen LogP contribution in [-0.2, 0) is 4.79 Å². The smallest absolute Gasteiger partial charge is 0.233 e. The Morgan fingerprint density at radius 2 is 1.57 bits per heavy atom. The number of allylic oxidation sites excluding steroid dienone is 1. The van der Waals surface area contributed by atoms with Crippen LogP contribution in [0.1, 0.15) is 15.9 Å². The molecule has 3 rings (SSSR count). The Bertz CT molecular complexity index is 745. The second-order valence-corrected chi connectivity index (χ2v) is 5.64. The highest BCUT2D eigenvalue weighted by Gasteiger charge is 2.25. The van der Waals surface area contributed by atoms with Gasteiger partial charge < -0.3 is 4.74 Å². The molecule has 0 atom stereocenters.